The van der Waals surface area contributed by atoms with Crippen molar-refractivity contribution in [2.75, 3.05) is 0 Å². The largest absolute Gasteiger partial charge is 0.271 e. The third kappa shape index (κ3) is 3.49. The Morgan fingerprint density at radius 2 is 1.92 bits per heavy atom. The number of hydrogen-bond acceptors (Lipinski definition) is 2. The molecule has 76 valence electrons. The maximum absolute atomic E-state index is 5.56. The van der Waals surface area contributed by atoms with Gasteiger partial charge in [0.1, 0.15) is 0 Å². The van der Waals surface area contributed by atoms with Crippen LogP contribution in [-0.2, 0) is 0 Å². The molecule has 1 saturated carbocycles. The van der Waals surface area contributed by atoms with E-state index in [4.69, 9.17) is 5.84 Å². The molecule has 0 bridgehead atoms. The van der Waals surface area contributed by atoms with E-state index in [0.717, 1.165) is 5.92 Å². The van der Waals surface area contributed by atoms with Gasteiger partial charge in [0.15, 0.2) is 0 Å². The van der Waals surface area contributed by atoms with Crippen molar-refractivity contribution in [2.45, 2.75) is 52.0 Å². The molecule has 0 aliphatic heterocycles. The maximum Gasteiger partial charge on any atom is 0.0421 e. The second-order valence-electron chi connectivity index (χ2n) is 4.33. The molecular weight excluding hydrogens is 160 g/mol. The molecule has 1 fully saturated rings. The summed E-state index contributed by atoms with van der Waals surface area (Å²) in [6.07, 6.45) is 9.08. The minimum Gasteiger partial charge on any atom is -0.271 e. The quantitative estimate of drug-likeness (QED) is 0.399. The average molecular weight is 182 g/mol. The Morgan fingerprint density at radius 1 is 1.31 bits per heavy atom. The SMILES string of the molecule is CC(C)=CC(NN)C1CCCCC1. The summed E-state index contributed by atoms with van der Waals surface area (Å²) in [5, 5.41) is 0. The van der Waals surface area contributed by atoms with E-state index in [2.05, 4.69) is 25.3 Å². The van der Waals surface area contributed by atoms with Gasteiger partial charge in [-0.05, 0) is 32.6 Å². The van der Waals surface area contributed by atoms with E-state index in [1.165, 1.54) is 37.7 Å². The van der Waals surface area contributed by atoms with Crippen molar-refractivity contribution >= 4 is 0 Å². The first-order chi connectivity index (χ1) is 6.24. The first kappa shape index (κ1) is 10.7. The van der Waals surface area contributed by atoms with Crippen molar-refractivity contribution in [1.29, 1.82) is 0 Å². The van der Waals surface area contributed by atoms with Gasteiger partial charge in [0, 0.05) is 6.04 Å². The van der Waals surface area contributed by atoms with Crippen LogP contribution in [0.1, 0.15) is 46.0 Å². The molecule has 1 atom stereocenters. The molecule has 1 aliphatic carbocycles. The summed E-state index contributed by atoms with van der Waals surface area (Å²) in [6, 6.07) is 0.394. The molecule has 0 aromatic heterocycles. The van der Waals surface area contributed by atoms with Gasteiger partial charge >= 0.3 is 0 Å². The van der Waals surface area contributed by atoms with E-state index in [1.54, 1.807) is 0 Å². The van der Waals surface area contributed by atoms with E-state index < -0.39 is 0 Å². The summed E-state index contributed by atoms with van der Waals surface area (Å²) in [5.74, 6) is 6.32. The number of hydrazine groups is 1. The molecule has 0 amide bonds. The van der Waals surface area contributed by atoms with E-state index >= 15 is 0 Å². The Kier molecular flexibility index (Phi) is 4.46. The monoisotopic (exact) mass is 182 g/mol. The highest BCUT2D eigenvalue weighted by Gasteiger charge is 2.20. The second kappa shape index (κ2) is 5.40. The van der Waals surface area contributed by atoms with Crippen molar-refractivity contribution in [3.8, 4) is 0 Å². The van der Waals surface area contributed by atoms with Gasteiger partial charge in [-0.3, -0.25) is 11.3 Å². The first-order valence-corrected chi connectivity index (χ1v) is 5.35. The summed E-state index contributed by atoms with van der Waals surface area (Å²) in [6.45, 7) is 4.26. The number of allylic oxidation sites excluding steroid dienone is 1. The lowest BCUT2D eigenvalue weighted by molar-refractivity contribution is 0.302. The fourth-order valence-electron chi connectivity index (χ4n) is 2.17. The van der Waals surface area contributed by atoms with Crippen molar-refractivity contribution < 1.29 is 0 Å². The molecule has 0 aromatic carbocycles. The van der Waals surface area contributed by atoms with Crippen LogP contribution in [0.15, 0.2) is 11.6 Å². The van der Waals surface area contributed by atoms with E-state index in [9.17, 15) is 0 Å². The standard InChI is InChI=1S/C11H22N2/c1-9(2)8-11(13-12)10-6-4-3-5-7-10/h8,10-11,13H,3-7,12H2,1-2H3. The van der Waals surface area contributed by atoms with Gasteiger partial charge in [0.2, 0.25) is 0 Å². The molecule has 1 unspecified atom stereocenters. The van der Waals surface area contributed by atoms with Gasteiger partial charge in [0.25, 0.3) is 0 Å². The predicted molar refractivity (Wildman–Crippen MR) is 57.1 cm³/mol. The molecule has 0 saturated heterocycles. The summed E-state index contributed by atoms with van der Waals surface area (Å²) in [7, 11) is 0. The molecule has 0 heterocycles. The zero-order chi connectivity index (χ0) is 9.68. The van der Waals surface area contributed by atoms with Gasteiger partial charge in [-0.2, -0.15) is 0 Å². The Hall–Kier alpha value is -0.340. The van der Waals surface area contributed by atoms with Crippen LogP contribution in [0.25, 0.3) is 0 Å². The Balaban J connectivity index is 2.49. The lowest BCUT2D eigenvalue weighted by atomic mass is 9.83. The lowest BCUT2D eigenvalue weighted by Crippen LogP contribution is -2.40. The fourth-order valence-corrected chi connectivity index (χ4v) is 2.17. The van der Waals surface area contributed by atoms with Crippen LogP contribution in [0.4, 0.5) is 0 Å². The Morgan fingerprint density at radius 3 is 2.38 bits per heavy atom. The van der Waals surface area contributed by atoms with Gasteiger partial charge in [-0.15, -0.1) is 0 Å². The molecular formula is C11H22N2. The summed E-state index contributed by atoms with van der Waals surface area (Å²) in [4.78, 5) is 0. The summed E-state index contributed by atoms with van der Waals surface area (Å²) >= 11 is 0. The van der Waals surface area contributed by atoms with Crippen molar-refractivity contribution in [3.05, 3.63) is 11.6 Å². The second-order valence-corrected chi connectivity index (χ2v) is 4.33. The van der Waals surface area contributed by atoms with Crippen LogP contribution in [0.5, 0.6) is 0 Å². The number of nitrogens with two attached hydrogens (primary N) is 1. The van der Waals surface area contributed by atoms with Crippen LogP contribution < -0.4 is 11.3 Å². The topological polar surface area (TPSA) is 38.0 Å². The van der Waals surface area contributed by atoms with E-state index in [-0.39, 0.29) is 0 Å². The normalized spacial score (nSPS) is 21.2. The smallest absolute Gasteiger partial charge is 0.0421 e. The van der Waals surface area contributed by atoms with Crippen LogP contribution in [0.3, 0.4) is 0 Å². The number of nitrogens with one attached hydrogen (secondary N) is 1. The molecule has 2 heteroatoms. The zero-order valence-electron chi connectivity index (χ0n) is 8.84. The van der Waals surface area contributed by atoms with Crippen molar-refractivity contribution in [3.63, 3.8) is 0 Å². The molecule has 1 aliphatic rings. The predicted octanol–water partition coefficient (Wildman–Crippen LogP) is 2.36. The van der Waals surface area contributed by atoms with Gasteiger partial charge in [-0.25, -0.2) is 0 Å². The van der Waals surface area contributed by atoms with Crippen molar-refractivity contribution in [1.82, 2.24) is 5.43 Å². The van der Waals surface area contributed by atoms with Crippen LogP contribution in [-0.4, -0.2) is 6.04 Å². The molecule has 0 aromatic rings. The van der Waals surface area contributed by atoms with E-state index in [1.807, 2.05) is 0 Å². The highest BCUT2D eigenvalue weighted by Crippen LogP contribution is 2.27. The van der Waals surface area contributed by atoms with Gasteiger partial charge in [0.05, 0.1) is 0 Å². The van der Waals surface area contributed by atoms with Crippen LogP contribution in [0.2, 0.25) is 0 Å². The molecule has 0 radical (unpaired) electrons. The van der Waals surface area contributed by atoms with Gasteiger partial charge in [-0.1, -0.05) is 30.9 Å². The Bertz CT molecular complexity index is 165. The van der Waals surface area contributed by atoms with E-state index in [0.29, 0.717) is 6.04 Å². The van der Waals surface area contributed by atoms with Crippen LogP contribution >= 0.6 is 0 Å². The van der Waals surface area contributed by atoms with Crippen molar-refractivity contribution in [2.24, 2.45) is 11.8 Å². The fraction of sp³-hybridized carbons (Fsp3) is 0.818. The molecule has 0 spiro atoms. The third-order valence-corrected chi connectivity index (χ3v) is 2.86. The highest BCUT2D eigenvalue weighted by molar-refractivity contribution is 5.03. The minimum absolute atomic E-state index is 0.394. The molecule has 2 nitrogen and oxygen atoms in total. The van der Waals surface area contributed by atoms with Crippen LogP contribution in [0, 0.1) is 5.92 Å². The highest BCUT2D eigenvalue weighted by atomic mass is 15.2. The summed E-state index contributed by atoms with van der Waals surface area (Å²) in [5.41, 5.74) is 4.28. The lowest BCUT2D eigenvalue weighted by Gasteiger charge is -2.28. The third-order valence-electron chi connectivity index (χ3n) is 2.86. The average Bonchev–Trinajstić information content (AvgIpc) is 2.15. The zero-order valence-corrected chi connectivity index (χ0v) is 8.84. The number of hydrogen-bond donors (Lipinski definition) is 2. The maximum atomic E-state index is 5.56. The number of rotatable bonds is 3. The first-order valence-electron chi connectivity index (χ1n) is 5.35. The molecule has 1 rings (SSSR count). The molecule has 13 heavy (non-hydrogen) atoms. The molecule has 3 N–H and O–H groups in total. The van der Waals surface area contributed by atoms with Gasteiger partial charge < -0.3 is 0 Å². The summed E-state index contributed by atoms with van der Waals surface area (Å²) < 4.78 is 0. The minimum atomic E-state index is 0.394. The Labute approximate surface area is 81.6 Å².